The molecule has 0 radical (unpaired) electrons. The minimum absolute atomic E-state index is 0.266. The molecule has 0 fully saturated rings. The Kier molecular flexibility index (Phi) is 3.62. The first-order valence-corrected chi connectivity index (χ1v) is 7.67. The minimum atomic E-state index is 0.266. The molecule has 0 aliphatic heterocycles. The number of benzene rings is 2. The first-order valence-electron chi connectivity index (χ1n) is 7.67. The summed E-state index contributed by atoms with van der Waals surface area (Å²) in [5.74, 6) is 0.434. The van der Waals surface area contributed by atoms with Crippen LogP contribution in [-0.2, 0) is 6.42 Å². The van der Waals surface area contributed by atoms with Crippen LogP contribution in [0.4, 0.5) is 0 Å². The summed E-state index contributed by atoms with van der Waals surface area (Å²) >= 11 is 0. The van der Waals surface area contributed by atoms with Crippen LogP contribution in [0.3, 0.4) is 0 Å². The van der Waals surface area contributed by atoms with Crippen molar-refractivity contribution in [3.63, 3.8) is 0 Å². The van der Waals surface area contributed by atoms with Crippen LogP contribution in [0.5, 0.6) is 0 Å². The van der Waals surface area contributed by atoms with Crippen LogP contribution < -0.4 is 5.73 Å². The second kappa shape index (κ2) is 5.41. The summed E-state index contributed by atoms with van der Waals surface area (Å²) in [7, 11) is 0. The highest BCUT2D eigenvalue weighted by Gasteiger charge is 2.20. The zero-order valence-electron chi connectivity index (χ0n) is 12.4. The summed E-state index contributed by atoms with van der Waals surface area (Å²) in [5.41, 5.74) is 13.4. The molecule has 1 aliphatic rings. The molecule has 104 valence electrons. The Hall–Kier alpha value is -1.60. The van der Waals surface area contributed by atoms with E-state index in [-0.39, 0.29) is 6.04 Å². The van der Waals surface area contributed by atoms with Gasteiger partial charge < -0.3 is 5.73 Å². The molecule has 1 heteroatoms. The molecule has 2 atom stereocenters. The summed E-state index contributed by atoms with van der Waals surface area (Å²) in [6, 6.07) is 15.9. The van der Waals surface area contributed by atoms with E-state index >= 15 is 0 Å². The van der Waals surface area contributed by atoms with E-state index in [1.807, 2.05) is 0 Å². The van der Waals surface area contributed by atoms with Crippen molar-refractivity contribution in [3.8, 4) is 11.1 Å². The second-order valence-corrected chi connectivity index (χ2v) is 5.99. The van der Waals surface area contributed by atoms with Crippen LogP contribution in [0.1, 0.15) is 49.3 Å². The maximum atomic E-state index is 6.29. The Morgan fingerprint density at radius 3 is 2.60 bits per heavy atom. The van der Waals surface area contributed by atoms with Gasteiger partial charge in [0.25, 0.3) is 0 Å². The molecule has 2 aromatic carbocycles. The van der Waals surface area contributed by atoms with Crippen LogP contribution in [0.15, 0.2) is 42.5 Å². The molecule has 0 spiro atoms. The van der Waals surface area contributed by atoms with Crippen LogP contribution in [0.2, 0.25) is 0 Å². The van der Waals surface area contributed by atoms with Gasteiger partial charge in [-0.15, -0.1) is 0 Å². The molecule has 1 nitrogen and oxygen atoms in total. The Morgan fingerprint density at radius 1 is 1.05 bits per heavy atom. The van der Waals surface area contributed by atoms with Gasteiger partial charge >= 0.3 is 0 Å². The van der Waals surface area contributed by atoms with Crippen molar-refractivity contribution in [1.29, 1.82) is 0 Å². The highest BCUT2D eigenvalue weighted by molar-refractivity contribution is 5.77. The topological polar surface area (TPSA) is 26.0 Å². The quantitative estimate of drug-likeness (QED) is 0.739. The molecular weight excluding hydrogens is 242 g/mol. The molecule has 0 heterocycles. The summed E-state index contributed by atoms with van der Waals surface area (Å²) < 4.78 is 0. The monoisotopic (exact) mass is 265 g/mol. The first kappa shape index (κ1) is 13.4. The van der Waals surface area contributed by atoms with Crippen molar-refractivity contribution in [1.82, 2.24) is 0 Å². The summed E-state index contributed by atoms with van der Waals surface area (Å²) in [5, 5.41) is 0. The number of rotatable bonds is 4. The largest absolute Gasteiger partial charge is 0.327 e. The van der Waals surface area contributed by atoms with Crippen molar-refractivity contribution in [2.45, 2.75) is 45.1 Å². The minimum Gasteiger partial charge on any atom is -0.327 e. The van der Waals surface area contributed by atoms with Gasteiger partial charge in [-0.3, -0.25) is 0 Å². The molecule has 0 saturated heterocycles. The number of hydrogen-bond acceptors (Lipinski definition) is 1. The van der Waals surface area contributed by atoms with E-state index in [4.69, 9.17) is 5.73 Å². The van der Waals surface area contributed by atoms with Gasteiger partial charge in [0.1, 0.15) is 0 Å². The van der Waals surface area contributed by atoms with Crippen molar-refractivity contribution in [2.75, 3.05) is 0 Å². The lowest BCUT2D eigenvalue weighted by atomic mass is 9.89. The molecule has 1 aliphatic carbocycles. The third-order valence-corrected chi connectivity index (χ3v) is 4.61. The Balaban J connectivity index is 1.91. The van der Waals surface area contributed by atoms with Crippen LogP contribution in [0.25, 0.3) is 11.1 Å². The summed E-state index contributed by atoms with van der Waals surface area (Å²) in [4.78, 5) is 0. The van der Waals surface area contributed by atoms with Crippen LogP contribution in [-0.4, -0.2) is 6.04 Å². The highest BCUT2D eigenvalue weighted by atomic mass is 14.6. The fourth-order valence-corrected chi connectivity index (χ4v) is 3.28. The first-order chi connectivity index (χ1) is 9.70. The maximum Gasteiger partial charge on any atom is 0.0105 e. The Morgan fingerprint density at radius 2 is 1.80 bits per heavy atom. The second-order valence-electron chi connectivity index (χ2n) is 5.99. The van der Waals surface area contributed by atoms with E-state index in [1.54, 1.807) is 0 Å². The van der Waals surface area contributed by atoms with Crippen molar-refractivity contribution < 1.29 is 0 Å². The standard InChI is InChI=1S/C19H23N/c1-3-6-19(20)13(2)14-9-10-18-16(11-14)12-15-7-4-5-8-17(15)18/h4-5,7-11,13,19H,3,6,12,20H2,1-2H3. The average Bonchev–Trinajstić information content (AvgIpc) is 2.84. The van der Waals surface area contributed by atoms with Gasteiger partial charge in [-0.1, -0.05) is 62.7 Å². The lowest BCUT2D eigenvalue weighted by molar-refractivity contribution is 0.522. The lowest BCUT2D eigenvalue weighted by Gasteiger charge is -2.20. The molecule has 2 unspecified atom stereocenters. The molecule has 0 saturated carbocycles. The Labute approximate surface area is 121 Å². The zero-order valence-corrected chi connectivity index (χ0v) is 12.4. The highest BCUT2D eigenvalue weighted by Crippen LogP contribution is 2.38. The molecular formula is C19H23N. The van der Waals surface area contributed by atoms with E-state index < -0.39 is 0 Å². The number of hydrogen-bond donors (Lipinski definition) is 1. The van der Waals surface area contributed by atoms with Gasteiger partial charge in [-0.2, -0.15) is 0 Å². The SMILES string of the molecule is CCCC(N)C(C)c1ccc2c(c1)Cc1ccccc1-2. The number of nitrogens with two attached hydrogens (primary N) is 1. The molecule has 20 heavy (non-hydrogen) atoms. The lowest BCUT2D eigenvalue weighted by Crippen LogP contribution is -2.26. The predicted molar refractivity (Wildman–Crippen MR) is 86.0 cm³/mol. The van der Waals surface area contributed by atoms with Gasteiger partial charge in [-0.25, -0.2) is 0 Å². The van der Waals surface area contributed by atoms with Crippen molar-refractivity contribution >= 4 is 0 Å². The van der Waals surface area contributed by atoms with E-state index in [1.165, 1.54) is 27.8 Å². The van der Waals surface area contributed by atoms with E-state index in [0.29, 0.717) is 5.92 Å². The van der Waals surface area contributed by atoms with Gasteiger partial charge in [0.2, 0.25) is 0 Å². The third kappa shape index (κ3) is 2.27. The predicted octanol–water partition coefficient (Wildman–Crippen LogP) is 4.49. The van der Waals surface area contributed by atoms with E-state index in [9.17, 15) is 0 Å². The molecule has 0 bridgehead atoms. The maximum absolute atomic E-state index is 6.29. The molecule has 0 aromatic heterocycles. The normalized spacial score (nSPS) is 15.6. The summed E-state index contributed by atoms with van der Waals surface area (Å²) in [6.45, 7) is 4.45. The molecule has 0 amide bonds. The third-order valence-electron chi connectivity index (χ3n) is 4.61. The van der Waals surface area contributed by atoms with E-state index in [0.717, 1.165) is 19.3 Å². The van der Waals surface area contributed by atoms with Gasteiger partial charge in [-0.05, 0) is 46.6 Å². The zero-order chi connectivity index (χ0) is 14.1. The average molecular weight is 265 g/mol. The molecule has 2 N–H and O–H groups in total. The van der Waals surface area contributed by atoms with Gasteiger partial charge in [0.05, 0.1) is 0 Å². The van der Waals surface area contributed by atoms with Crippen LogP contribution in [0, 0.1) is 0 Å². The van der Waals surface area contributed by atoms with Crippen molar-refractivity contribution in [3.05, 3.63) is 59.2 Å². The fourth-order valence-electron chi connectivity index (χ4n) is 3.28. The van der Waals surface area contributed by atoms with Crippen molar-refractivity contribution in [2.24, 2.45) is 5.73 Å². The fraction of sp³-hybridized carbons (Fsp3) is 0.368. The smallest absolute Gasteiger partial charge is 0.0105 e. The van der Waals surface area contributed by atoms with Gasteiger partial charge in [0, 0.05) is 6.04 Å². The number of fused-ring (bicyclic) bond motifs is 3. The van der Waals surface area contributed by atoms with E-state index in [2.05, 4.69) is 56.3 Å². The molecule has 3 rings (SSSR count). The molecule has 2 aromatic rings. The van der Waals surface area contributed by atoms with Crippen LogP contribution >= 0.6 is 0 Å². The van der Waals surface area contributed by atoms with Gasteiger partial charge in [0.15, 0.2) is 0 Å². The summed E-state index contributed by atoms with van der Waals surface area (Å²) in [6.07, 6.45) is 3.31. The Bertz CT molecular complexity index is 615.